The second-order valence-corrected chi connectivity index (χ2v) is 10.00. The molecule has 164 valence electrons. The van der Waals surface area contributed by atoms with Crippen LogP contribution in [0.25, 0.3) is 0 Å². The van der Waals surface area contributed by atoms with Gasteiger partial charge in [0.25, 0.3) is 5.91 Å². The van der Waals surface area contributed by atoms with E-state index in [1.165, 1.54) is 19.3 Å². The summed E-state index contributed by atoms with van der Waals surface area (Å²) in [7, 11) is 2.09. The lowest BCUT2D eigenvalue weighted by Crippen LogP contribution is -2.63. The van der Waals surface area contributed by atoms with E-state index in [0.717, 1.165) is 24.6 Å². The van der Waals surface area contributed by atoms with Gasteiger partial charge in [-0.25, -0.2) is 0 Å². The second kappa shape index (κ2) is 7.65. The number of fused-ring (bicyclic) bond motifs is 3. The van der Waals surface area contributed by atoms with Crippen LogP contribution >= 0.6 is 0 Å². The molecular weight excluding hydrogens is 380 g/mol. The lowest BCUT2D eigenvalue weighted by molar-refractivity contribution is -0.148. The number of nitrogens with zero attached hydrogens (tertiary/aromatic N) is 1. The van der Waals surface area contributed by atoms with Crippen molar-refractivity contribution in [1.29, 1.82) is 0 Å². The molecule has 3 aliphatic rings. The fraction of sp³-hybridized carbons (Fsp3) is 0.667. The number of primary amides is 1. The number of Topliss-reactive ketones (excluding diaryl/α,β-unsaturated/α-hetero) is 1. The number of aromatic hydroxyl groups is 1. The second-order valence-electron chi connectivity index (χ2n) is 10.00. The van der Waals surface area contributed by atoms with Crippen LogP contribution in [0.15, 0.2) is 12.1 Å². The van der Waals surface area contributed by atoms with Gasteiger partial charge in [-0.3, -0.25) is 9.59 Å². The highest BCUT2D eigenvalue weighted by Crippen LogP contribution is 2.58. The number of amides is 1. The van der Waals surface area contributed by atoms with Crippen LogP contribution in [-0.2, 0) is 16.6 Å². The van der Waals surface area contributed by atoms with E-state index in [0.29, 0.717) is 31.2 Å². The quantitative estimate of drug-likeness (QED) is 0.664. The molecule has 3 aliphatic carbocycles. The number of rotatable bonds is 6. The zero-order valence-corrected chi connectivity index (χ0v) is 18.1. The molecule has 1 aromatic carbocycles. The standard InChI is InChI=1S/C24H34N2O4/c1-15-12-17-6-7-19(22(25)29)21(28)20(17)23(13-18(27)8-9-24(15,23)30)10-11-26(2)14-16-4-3-5-16/h6-7,15-16,28,30H,3-5,8-14H2,1-2H3,(H2,25,29)/t15-,23-,24-/m1/s1. The molecule has 4 rings (SSSR count). The smallest absolute Gasteiger partial charge is 0.252 e. The summed E-state index contributed by atoms with van der Waals surface area (Å²) >= 11 is 0. The number of nitrogens with two attached hydrogens (primary N) is 1. The average molecular weight is 415 g/mol. The van der Waals surface area contributed by atoms with Crippen LogP contribution in [0.5, 0.6) is 5.75 Å². The molecule has 0 unspecified atom stereocenters. The minimum atomic E-state index is -1.10. The maximum atomic E-state index is 12.7. The van der Waals surface area contributed by atoms with Gasteiger partial charge >= 0.3 is 0 Å². The molecule has 0 bridgehead atoms. The van der Waals surface area contributed by atoms with Crippen LogP contribution in [-0.4, -0.2) is 52.5 Å². The Balaban J connectivity index is 1.78. The van der Waals surface area contributed by atoms with Crippen LogP contribution in [0.2, 0.25) is 0 Å². The van der Waals surface area contributed by atoms with E-state index in [1.807, 2.05) is 13.0 Å². The van der Waals surface area contributed by atoms with E-state index in [4.69, 9.17) is 5.73 Å². The number of phenols is 1. The minimum Gasteiger partial charge on any atom is -0.507 e. The molecule has 0 spiro atoms. The molecule has 6 nitrogen and oxygen atoms in total. The molecule has 6 heteroatoms. The number of carbonyl (C=O) groups is 2. The van der Waals surface area contributed by atoms with E-state index in [1.54, 1.807) is 6.07 Å². The van der Waals surface area contributed by atoms with Crippen molar-refractivity contribution in [1.82, 2.24) is 4.90 Å². The summed E-state index contributed by atoms with van der Waals surface area (Å²) in [6.07, 6.45) is 5.92. The SMILES string of the molecule is C[C@@H]1Cc2ccc(C(N)=O)c(O)c2[C@@]2(CCN(C)CC3CCC3)CC(=O)CC[C@@]12O. The zero-order chi connectivity index (χ0) is 21.7. The number of carbonyl (C=O) groups excluding carboxylic acids is 2. The summed E-state index contributed by atoms with van der Waals surface area (Å²) in [4.78, 5) is 26.9. The Morgan fingerprint density at radius 3 is 2.70 bits per heavy atom. The number of ketones is 1. The minimum absolute atomic E-state index is 0.0473. The Hall–Kier alpha value is -1.92. The predicted molar refractivity (Wildman–Crippen MR) is 114 cm³/mol. The summed E-state index contributed by atoms with van der Waals surface area (Å²) in [5.74, 6) is -0.0653. The van der Waals surface area contributed by atoms with E-state index >= 15 is 0 Å². The van der Waals surface area contributed by atoms with Crippen LogP contribution in [0.3, 0.4) is 0 Å². The van der Waals surface area contributed by atoms with Crippen LogP contribution in [0.4, 0.5) is 0 Å². The highest BCUT2D eigenvalue weighted by atomic mass is 16.3. The normalized spacial score (nSPS) is 31.2. The maximum Gasteiger partial charge on any atom is 0.252 e. The van der Waals surface area contributed by atoms with Crippen molar-refractivity contribution in [2.75, 3.05) is 20.1 Å². The average Bonchev–Trinajstić information content (AvgIpc) is 2.65. The molecule has 2 saturated carbocycles. The molecular formula is C24H34N2O4. The first kappa shape index (κ1) is 21.3. The third-order valence-corrected chi connectivity index (χ3v) is 8.18. The third-order valence-electron chi connectivity index (χ3n) is 8.18. The lowest BCUT2D eigenvalue weighted by Gasteiger charge is -2.57. The topological polar surface area (TPSA) is 104 Å². The van der Waals surface area contributed by atoms with Crippen molar-refractivity contribution in [2.45, 2.75) is 69.3 Å². The van der Waals surface area contributed by atoms with Gasteiger partial charge in [0.15, 0.2) is 0 Å². The maximum absolute atomic E-state index is 12.7. The Morgan fingerprint density at radius 1 is 1.33 bits per heavy atom. The van der Waals surface area contributed by atoms with Gasteiger partial charge in [0.05, 0.1) is 11.2 Å². The van der Waals surface area contributed by atoms with E-state index in [2.05, 4.69) is 11.9 Å². The van der Waals surface area contributed by atoms with Gasteiger partial charge in [-0.2, -0.15) is 0 Å². The Labute approximate surface area is 178 Å². The van der Waals surface area contributed by atoms with Gasteiger partial charge in [-0.15, -0.1) is 0 Å². The van der Waals surface area contributed by atoms with Crippen molar-refractivity contribution in [3.05, 3.63) is 28.8 Å². The molecule has 0 saturated heterocycles. The van der Waals surface area contributed by atoms with Gasteiger partial charge in [-0.05, 0) is 69.2 Å². The summed E-state index contributed by atoms with van der Waals surface area (Å²) in [6, 6.07) is 3.40. The van der Waals surface area contributed by atoms with Gasteiger partial charge < -0.3 is 20.8 Å². The van der Waals surface area contributed by atoms with Crippen molar-refractivity contribution < 1.29 is 19.8 Å². The molecule has 2 fully saturated rings. The molecule has 0 aromatic heterocycles. The summed E-state index contributed by atoms with van der Waals surface area (Å²) in [5.41, 5.74) is 5.05. The molecule has 0 radical (unpaired) electrons. The van der Waals surface area contributed by atoms with Crippen molar-refractivity contribution in [3.8, 4) is 5.75 Å². The predicted octanol–water partition coefficient (Wildman–Crippen LogP) is 2.53. The largest absolute Gasteiger partial charge is 0.507 e. The highest BCUT2D eigenvalue weighted by Gasteiger charge is 2.61. The number of hydrogen-bond acceptors (Lipinski definition) is 5. The van der Waals surface area contributed by atoms with Gasteiger partial charge in [0.2, 0.25) is 0 Å². The van der Waals surface area contributed by atoms with Crippen LogP contribution in [0, 0.1) is 11.8 Å². The van der Waals surface area contributed by atoms with E-state index < -0.39 is 16.9 Å². The Bertz CT molecular complexity index is 865. The molecule has 0 heterocycles. The van der Waals surface area contributed by atoms with Crippen molar-refractivity contribution >= 4 is 11.7 Å². The zero-order valence-electron chi connectivity index (χ0n) is 18.1. The monoisotopic (exact) mass is 414 g/mol. The number of aliphatic hydroxyl groups is 1. The van der Waals surface area contributed by atoms with Crippen LogP contribution < -0.4 is 5.73 Å². The Morgan fingerprint density at radius 2 is 2.07 bits per heavy atom. The van der Waals surface area contributed by atoms with Crippen molar-refractivity contribution in [2.24, 2.45) is 17.6 Å². The summed E-state index contributed by atoms with van der Waals surface area (Å²) in [6.45, 7) is 3.77. The van der Waals surface area contributed by atoms with Gasteiger partial charge in [0.1, 0.15) is 11.5 Å². The van der Waals surface area contributed by atoms with Gasteiger partial charge in [-0.1, -0.05) is 19.4 Å². The first-order valence-electron chi connectivity index (χ1n) is 11.3. The highest BCUT2D eigenvalue weighted by molar-refractivity contribution is 5.96. The molecule has 3 atom stereocenters. The first-order chi connectivity index (χ1) is 14.2. The fourth-order valence-electron chi connectivity index (χ4n) is 6.22. The van der Waals surface area contributed by atoms with Crippen LogP contribution in [0.1, 0.15) is 73.4 Å². The number of hydrogen-bond donors (Lipinski definition) is 3. The summed E-state index contributed by atoms with van der Waals surface area (Å²) < 4.78 is 0. The van der Waals surface area contributed by atoms with Crippen molar-refractivity contribution in [3.63, 3.8) is 0 Å². The van der Waals surface area contributed by atoms with Gasteiger partial charge in [0, 0.05) is 30.4 Å². The fourth-order valence-corrected chi connectivity index (χ4v) is 6.22. The molecule has 1 amide bonds. The lowest BCUT2D eigenvalue weighted by atomic mass is 9.49. The molecule has 0 aliphatic heterocycles. The molecule has 4 N–H and O–H groups in total. The summed E-state index contributed by atoms with van der Waals surface area (Å²) in [5, 5.41) is 23.1. The number of benzene rings is 1. The molecule has 30 heavy (non-hydrogen) atoms. The Kier molecular flexibility index (Phi) is 5.43. The third kappa shape index (κ3) is 3.25. The van der Waals surface area contributed by atoms with E-state index in [9.17, 15) is 19.8 Å². The molecule has 1 aromatic rings. The van der Waals surface area contributed by atoms with E-state index in [-0.39, 0.29) is 29.4 Å². The first-order valence-corrected chi connectivity index (χ1v) is 11.3.